The summed E-state index contributed by atoms with van der Waals surface area (Å²) >= 11 is 0. The minimum Gasteiger partial charge on any atom is -0.398 e. The molecule has 1 aromatic heterocycles. The third-order valence-electron chi connectivity index (χ3n) is 5.76. The quantitative estimate of drug-likeness (QED) is 0.791. The highest BCUT2D eigenvalue weighted by molar-refractivity contribution is 6.61. The van der Waals surface area contributed by atoms with Crippen LogP contribution in [0.4, 0.5) is 0 Å². The van der Waals surface area contributed by atoms with Crippen LogP contribution < -0.4 is 5.59 Å². The van der Waals surface area contributed by atoms with Gasteiger partial charge in [-0.1, -0.05) is 30.3 Å². The summed E-state index contributed by atoms with van der Waals surface area (Å²) in [6.45, 7) is 9.06. The molecule has 2 saturated heterocycles. The largest absolute Gasteiger partial charge is 0.514 e. The number of hydrogen-bond acceptors (Lipinski definition) is 4. The van der Waals surface area contributed by atoms with Crippen LogP contribution in [0.15, 0.2) is 36.4 Å². The predicted molar refractivity (Wildman–Crippen MR) is 102 cm³/mol. The first-order valence-electron chi connectivity index (χ1n) is 9.49. The van der Waals surface area contributed by atoms with Crippen LogP contribution in [-0.2, 0) is 14.0 Å². The van der Waals surface area contributed by atoms with Gasteiger partial charge in [0.1, 0.15) is 6.23 Å². The zero-order valence-corrected chi connectivity index (χ0v) is 16.1. The smallest absolute Gasteiger partial charge is 0.398 e. The van der Waals surface area contributed by atoms with Gasteiger partial charge in [0.15, 0.2) is 0 Å². The van der Waals surface area contributed by atoms with E-state index >= 15 is 0 Å². The number of hydrogen-bond donors (Lipinski definition) is 0. The zero-order valence-electron chi connectivity index (χ0n) is 16.1. The lowest BCUT2D eigenvalue weighted by molar-refractivity contribution is -0.0378. The summed E-state index contributed by atoms with van der Waals surface area (Å²) in [5, 5.41) is 4.88. The van der Waals surface area contributed by atoms with Crippen molar-refractivity contribution in [2.75, 3.05) is 6.61 Å². The maximum absolute atomic E-state index is 6.29. The lowest BCUT2D eigenvalue weighted by Gasteiger charge is -2.32. The fraction of sp³-hybridized carbons (Fsp3) is 0.550. The third kappa shape index (κ3) is 3.11. The van der Waals surface area contributed by atoms with Gasteiger partial charge in [-0.15, -0.1) is 0 Å². The first-order chi connectivity index (χ1) is 12.4. The molecule has 1 unspecified atom stereocenters. The maximum Gasteiger partial charge on any atom is 0.514 e. The van der Waals surface area contributed by atoms with E-state index in [9.17, 15) is 0 Å². The van der Waals surface area contributed by atoms with Gasteiger partial charge in [-0.05, 0) is 53.0 Å². The SMILES string of the molecule is CC1(C)OB(c2cc(-c3ccccc3)nn2C2CCCCO2)OC1(C)C. The van der Waals surface area contributed by atoms with Gasteiger partial charge in [-0.3, -0.25) is 0 Å². The fourth-order valence-corrected chi connectivity index (χ4v) is 3.45. The zero-order chi connectivity index (χ0) is 18.4. The van der Waals surface area contributed by atoms with Gasteiger partial charge in [0, 0.05) is 12.2 Å². The normalized spacial score (nSPS) is 24.8. The van der Waals surface area contributed by atoms with E-state index in [0.717, 1.165) is 42.7 Å². The molecule has 0 N–H and O–H groups in total. The van der Waals surface area contributed by atoms with Crippen LogP contribution in [0.2, 0.25) is 0 Å². The maximum atomic E-state index is 6.29. The van der Waals surface area contributed by atoms with Crippen molar-refractivity contribution in [3.63, 3.8) is 0 Å². The molecule has 2 fully saturated rings. The van der Waals surface area contributed by atoms with Gasteiger partial charge >= 0.3 is 7.12 Å². The molecular formula is C20H27BN2O3. The number of rotatable bonds is 3. The summed E-state index contributed by atoms with van der Waals surface area (Å²) in [5.41, 5.74) is 2.17. The molecule has 2 aromatic rings. The number of aromatic nitrogens is 2. The van der Waals surface area contributed by atoms with Gasteiger partial charge in [-0.25, -0.2) is 4.68 Å². The van der Waals surface area contributed by atoms with E-state index in [1.807, 2.05) is 22.9 Å². The summed E-state index contributed by atoms with van der Waals surface area (Å²) in [5.74, 6) is 0. The van der Waals surface area contributed by atoms with Crippen LogP contribution in [0.25, 0.3) is 11.3 Å². The molecule has 26 heavy (non-hydrogen) atoms. The molecule has 0 spiro atoms. The van der Waals surface area contributed by atoms with Crippen LogP contribution in [-0.4, -0.2) is 34.7 Å². The van der Waals surface area contributed by atoms with E-state index in [0.29, 0.717) is 0 Å². The van der Waals surface area contributed by atoms with Gasteiger partial charge < -0.3 is 14.0 Å². The highest BCUT2D eigenvalue weighted by Crippen LogP contribution is 2.37. The molecule has 3 heterocycles. The molecular weight excluding hydrogens is 327 g/mol. The Kier molecular flexibility index (Phi) is 4.45. The second kappa shape index (κ2) is 6.52. The molecule has 138 valence electrons. The highest BCUT2D eigenvalue weighted by atomic mass is 16.7. The van der Waals surface area contributed by atoms with Gasteiger partial charge in [0.25, 0.3) is 0 Å². The first kappa shape index (κ1) is 17.8. The topological polar surface area (TPSA) is 45.5 Å². The van der Waals surface area contributed by atoms with Crippen molar-refractivity contribution < 1.29 is 14.0 Å². The van der Waals surface area contributed by atoms with Crippen molar-refractivity contribution in [3.8, 4) is 11.3 Å². The molecule has 1 aromatic carbocycles. The molecule has 2 aliphatic rings. The first-order valence-corrected chi connectivity index (χ1v) is 9.49. The monoisotopic (exact) mass is 354 g/mol. The van der Waals surface area contributed by atoms with E-state index in [2.05, 4.69) is 45.9 Å². The molecule has 0 radical (unpaired) electrons. The number of nitrogens with zero attached hydrogens (tertiary/aromatic N) is 2. The lowest BCUT2D eigenvalue weighted by Crippen LogP contribution is -2.42. The molecule has 6 heteroatoms. The summed E-state index contributed by atoms with van der Waals surface area (Å²) in [4.78, 5) is 0. The Labute approximate surface area is 155 Å². The Hall–Kier alpha value is -1.63. The van der Waals surface area contributed by atoms with Crippen LogP contribution in [0, 0.1) is 0 Å². The van der Waals surface area contributed by atoms with Crippen molar-refractivity contribution in [1.82, 2.24) is 9.78 Å². The molecule has 0 saturated carbocycles. The fourth-order valence-electron chi connectivity index (χ4n) is 3.45. The Morgan fingerprint density at radius 2 is 1.73 bits per heavy atom. The molecule has 5 nitrogen and oxygen atoms in total. The van der Waals surface area contributed by atoms with Gasteiger partial charge in [0.05, 0.1) is 22.5 Å². The Morgan fingerprint density at radius 3 is 2.35 bits per heavy atom. The second-order valence-electron chi connectivity index (χ2n) is 8.17. The van der Waals surface area contributed by atoms with Crippen LogP contribution >= 0.6 is 0 Å². The van der Waals surface area contributed by atoms with E-state index < -0.39 is 7.12 Å². The minimum atomic E-state index is -0.449. The lowest BCUT2D eigenvalue weighted by atomic mass is 9.84. The van der Waals surface area contributed by atoms with E-state index in [1.54, 1.807) is 0 Å². The molecule has 0 amide bonds. The van der Waals surface area contributed by atoms with Crippen molar-refractivity contribution in [2.24, 2.45) is 0 Å². The summed E-state index contributed by atoms with van der Waals surface area (Å²) in [6.07, 6.45) is 3.15. The van der Waals surface area contributed by atoms with E-state index in [-0.39, 0.29) is 17.4 Å². The van der Waals surface area contributed by atoms with Gasteiger partial charge in [0.2, 0.25) is 0 Å². The van der Waals surface area contributed by atoms with Crippen LogP contribution in [0.3, 0.4) is 0 Å². The number of ether oxygens (including phenoxy) is 1. The Balaban J connectivity index is 1.74. The van der Waals surface area contributed by atoms with E-state index in [1.165, 1.54) is 0 Å². The summed E-state index contributed by atoms with van der Waals surface area (Å²) < 4.78 is 20.6. The molecule has 4 rings (SSSR count). The van der Waals surface area contributed by atoms with Gasteiger partial charge in [-0.2, -0.15) is 5.10 Å². The molecule has 0 bridgehead atoms. The Bertz CT molecular complexity index is 751. The summed E-state index contributed by atoms with van der Waals surface area (Å²) in [6, 6.07) is 12.3. The summed E-state index contributed by atoms with van der Waals surface area (Å²) in [7, 11) is -0.449. The van der Waals surface area contributed by atoms with E-state index in [4.69, 9.17) is 19.1 Å². The average Bonchev–Trinajstić information content (AvgIpc) is 3.16. The van der Waals surface area contributed by atoms with Crippen molar-refractivity contribution >= 4 is 12.7 Å². The van der Waals surface area contributed by atoms with Crippen molar-refractivity contribution in [2.45, 2.75) is 64.4 Å². The second-order valence-corrected chi connectivity index (χ2v) is 8.17. The van der Waals surface area contributed by atoms with Crippen molar-refractivity contribution in [1.29, 1.82) is 0 Å². The average molecular weight is 354 g/mol. The standard InChI is InChI=1S/C20H27BN2O3/c1-19(2)20(3,4)26-21(25-19)17-14-16(15-10-6-5-7-11-15)22-23(17)18-12-8-9-13-24-18/h5-7,10-11,14,18H,8-9,12-13H2,1-4H3. The highest BCUT2D eigenvalue weighted by Gasteiger charge is 2.53. The van der Waals surface area contributed by atoms with Crippen LogP contribution in [0.5, 0.6) is 0 Å². The third-order valence-corrected chi connectivity index (χ3v) is 5.76. The molecule has 1 atom stereocenters. The number of benzene rings is 1. The molecule has 0 aliphatic carbocycles. The van der Waals surface area contributed by atoms with Crippen LogP contribution in [0.1, 0.15) is 53.2 Å². The Morgan fingerprint density at radius 1 is 1.04 bits per heavy atom. The van der Waals surface area contributed by atoms with Crippen molar-refractivity contribution in [3.05, 3.63) is 36.4 Å². The molecule has 2 aliphatic heterocycles. The predicted octanol–water partition coefficient (Wildman–Crippen LogP) is 3.55. The minimum absolute atomic E-state index is 0.0600.